The van der Waals surface area contributed by atoms with E-state index in [1.165, 1.54) is 25.4 Å². The van der Waals surface area contributed by atoms with Crippen LogP contribution in [0.15, 0.2) is 0 Å². The van der Waals surface area contributed by atoms with Crippen molar-refractivity contribution in [3.8, 4) is 0 Å². The highest BCUT2D eigenvalue weighted by Crippen LogP contribution is 2.51. The lowest BCUT2D eigenvalue weighted by molar-refractivity contribution is 0.511. The predicted molar refractivity (Wildman–Crippen MR) is 93.6 cm³/mol. The van der Waals surface area contributed by atoms with E-state index in [9.17, 15) is 0 Å². The van der Waals surface area contributed by atoms with Crippen LogP contribution in [0.1, 0.15) is 52.9 Å². The van der Waals surface area contributed by atoms with E-state index >= 15 is 0 Å². The Balaban J connectivity index is 0. The van der Waals surface area contributed by atoms with Crippen LogP contribution >= 0.6 is 15.8 Å². The second-order valence-electron chi connectivity index (χ2n) is 6.36. The molecule has 1 aliphatic rings. The van der Waals surface area contributed by atoms with E-state index in [0.717, 1.165) is 5.66 Å². The molecule has 4 heteroatoms. The summed E-state index contributed by atoms with van der Waals surface area (Å²) in [6.07, 6.45) is 10.7. The Hall–Kier alpha value is 0.990. The highest BCUT2D eigenvalue weighted by atomic mass is 31.1. The molecule has 0 saturated heterocycles. The fourth-order valence-electron chi connectivity index (χ4n) is 2.35. The van der Waals surface area contributed by atoms with Crippen LogP contribution in [0.3, 0.4) is 0 Å². The van der Waals surface area contributed by atoms with E-state index in [-0.39, 0.29) is 24.7 Å². The van der Waals surface area contributed by atoms with Crippen LogP contribution in [0, 0.1) is 0 Å². The minimum absolute atomic E-state index is 0. The topological polar surface area (TPSA) is 0 Å². The van der Waals surface area contributed by atoms with Crippen LogP contribution in [-0.2, 0) is 0 Å². The zero-order chi connectivity index (χ0) is 12.2. The summed E-state index contributed by atoms with van der Waals surface area (Å²) in [5.41, 5.74) is 1.12. The highest BCUT2D eigenvalue weighted by Gasteiger charge is 2.23. The van der Waals surface area contributed by atoms with E-state index < -0.39 is 0 Å². The molecule has 0 nitrogen and oxygen atoms in total. The number of hydrogen-bond acceptors (Lipinski definition) is 0. The Morgan fingerprint density at radius 1 is 0.889 bits per heavy atom. The van der Waals surface area contributed by atoms with Gasteiger partial charge in [-0.2, -0.15) is 0 Å². The normalized spacial score (nSPS) is 20.5. The van der Waals surface area contributed by atoms with Gasteiger partial charge in [0.2, 0.25) is 0 Å². The first-order valence-electron chi connectivity index (χ1n) is 6.83. The molecule has 0 aromatic rings. The predicted octanol–water partition coefficient (Wildman–Crippen LogP) is 4.58. The van der Waals surface area contributed by atoms with Gasteiger partial charge in [-0.1, -0.05) is 40.0 Å². The van der Waals surface area contributed by atoms with Gasteiger partial charge in [-0.3, -0.25) is 0 Å². The summed E-state index contributed by atoms with van der Waals surface area (Å²) in [6, 6.07) is 0. The lowest BCUT2D eigenvalue weighted by atomic mass is 10.0. The van der Waals surface area contributed by atoms with E-state index in [4.69, 9.17) is 0 Å². The van der Waals surface area contributed by atoms with Crippen molar-refractivity contribution in [3.63, 3.8) is 0 Å². The maximum Gasteiger partial charge on any atom is 0 e. The second-order valence-corrected chi connectivity index (χ2v) is 12.2. The summed E-state index contributed by atoms with van der Waals surface area (Å²) in [6.45, 7) is 12.3. The molecular weight excluding hydrogens is 252 g/mol. The van der Waals surface area contributed by atoms with Crippen molar-refractivity contribution in [1.29, 1.82) is 0 Å². The molecule has 0 amide bonds. The molecule has 18 heavy (non-hydrogen) atoms. The van der Waals surface area contributed by atoms with Gasteiger partial charge in [0, 0.05) is 16.8 Å². The molecule has 0 N–H and O–H groups in total. The summed E-state index contributed by atoms with van der Waals surface area (Å²) in [5.74, 6) is 0. The van der Waals surface area contributed by atoms with Gasteiger partial charge in [0.05, 0.1) is 0 Å². The highest BCUT2D eigenvalue weighted by molar-refractivity contribution is 7.62. The largest absolute Gasteiger partial charge is 0.106 e. The zero-order valence-corrected chi connectivity index (χ0v) is 14.9. The van der Waals surface area contributed by atoms with E-state index in [1.54, 1.807) is 19.0 Å². The Bertz CT molecular complexity index is 198. The minimum atomic E-state index is 0. The standard InChI is InChI=1S/C14H30P2.2B/c1-14(2,3)16(5)12-11-15(4)13-9-7-6-8-10-13;;/h13H,6-12H2,1-5H3;;/t15-,16-;;/m0../s1. The van der Waals surface area contributed by atoms with Crippen molar-refractivity contribution in [3.05, 3.63) is 0 Å². The molecule has 0 aliphatic heterocycles. The van der Waals surface area contributed by atoms with E-state index in [1.807, 2.05) is 0 Å². The summed E-state index contributed by atoms with van der Waals surface area (Å²) >= 11 is 0. The van der Waals surface area contributed by atoms with Gasteiger partial charge in [0.25, 0.3) is 0 Å². The molecule has 0 spiro atoms. The van der Waals surface area contributed by atoms with Crippen LogP contribution in [-0.4, -0.2) is 53.3 Å². The fraction of sp³-hybridized carbons (Fsp3) is 1.00. The minimum Gasteiger partial charge on any atom is -0.106 e. The Morgan fingerprint density at radius 3 is 1.83 bits per heavy atom. The van der Waals surface area contributed by atoms with Gasteiger partial charge in [0.1, 0.15) is 0 Å². The maximum atomic E-state index is 2.57. The lowest BCUT2D eigenvalue weighted by Crippen LogP contribution is -2.16. The average molecular weight is 282 g/mol. The molecule has 1 aliphatic carbocycles. The third kappa shape index (κ3) is 7.55. The lowest BCUT2D eigenvalue weighted by Gasteiger charge is -2.32. The second kappa shape index (κ2) is 9.83. The van der Waals surface area contributed by atoms with Crippen molar-refractivity contribution >= 4 is 32.7 Å². The quantitative estimate of drug-likeness (QED) is 0.523. The van der Waals surface area contributed by atoms with Crippen molar-refractivity contribution in [2.75, 3.05) is 25.7 Å². The molecule has 1 rings (SSSR count). The van der Waals surface area contributed by atoms with Crippen molar-refractivity contribution < 1.29 is 0 Å². The molecule has 1 fully saturated rings. The van der Waals surface area contributed by atoms with Crippen molar-refractivity contribution in [2.45, 2.75) is 63.7 Å². The van der Waals surface area contributed by atoms with Crippen LogP contribution in [0.2, 0.25) is 0 Å². The van der Waals surface area contributed by atoms with E-state index in [2.05, 4.69) is 34.1 Å². The van der Waals surface area contributed by atoms with Gasteiger partial charge in [-0.05, 0) is 49.3 Å². The molecular formula is C14H30B2P2. The molecule has 0 aromatic heterocycles. The number of rotatable bonds is 4. The first-order chi connectivity index (χ1) is 7.41. The molecule has 2 atom stereocenters. The summed E-state index contributed by atoms with van der Waals surface area (Å²) in [4.78, 5) is 0. The van der Waals surface area contributed by atoms with Crippen LogP contribution < -0.4 is 0 Å². The van der Waals surface area contributed by atoms with Crippen LogP contribution in [0.4, 0.5) is 0 Å². The third-order valence-corrected chi connectivity index (χ3v) is 10.4. The third-order valence-electron chi connectivity index (χ3n) is 4.13. The molecule has 0 heterocycles. The van der Waals surface area contributed by atoms with Crippen molar-refractivity contribution in [2.24, 2.45) is 0 Å². The van der Waals surface area contributed by atoms with Crippen LogP contribution in [0.25, 0.3) is 0 Å². The summed E-state index contributed by atoms with van der Waals surface area (Å²) in [5, 5.41) is 0.568. The first kappa shape index (κ1) is 21.3. The molecule has 0 aromatic carbocycles. The summed E-state index contributed by atoms with van der Waals surface area (Å²) in [7, 11) is 0.579. The molecule has 1 saturated carbocycles. The zero-order valence-electron chi connectivity index (χ0n) is 13.1. The SMILES string of the molecule is C[P@@](CC[P@](C)C(C)(C)C)C1CCCCC1.[B].[B]. The fourth-order valence-corrected chi connectivity index (χ4v) is 7.09. The van der Waals surface area contributed by atoms with Gasteiger partial charge in [-0.15, -0.1) is 15.8 Å². The molecule has 0 bridgehead atoms. The molecule has 0 unspecified atom stereocenters. The molecule has 102 valence electrons. The van der Waals surface area contributed by atoms with Crippen molar-refractivity contribution in [1.82, 2.24) is 0 Å². The number of hydrogen-bond donors (Lipinski definition) is 0. The monoisotopic (exact) mass is 282 g/mol. The smallest absolute Gasteiger partial charge is 0 e. The van der Waals surface area contributed by atoms with Gasteiger partial charge in [0.15, 0.2) is 0 Å². The van der Waals surface area contributed by atoms with Crippen LogP contribution in [0.5, 0.6) is 0 Å². The molecule has 6 radical (unpaired) electrons. The van der Waals surface area contributed by atoms with E-state index in [0.29, 0.717) is 13.1 Å². The maximum absolute atomic E-state index is 2.57. The van der Waals surface area contributed by atoms with Gasteiger partial charge >= 0.3 is 0 Å². The average Bonchev–Trinajstić information content (AvgIpc) is 2.25. The Morgan fingerprint density at radius 2 is 1.39 bits per heavy atom. The van der Waals surface area contributed by atoms with Gasteiger partial charge < -0.3 is 0 Å². The van der Waals surface area contributed by atoms with Gasteiger partial charge in [-0.25, -0.2) is 0 Å². The Labute approximate surface area is 122 Å². The summed E-state index contributed by atoms with van der Waals surface area (Å²) < 4.78 is 0. The first-order valence-corrected chi connectivity index (χ1v) is 10.8. The Kier molecular flexibility index (Phi) is 11.6.